The Kier molecular flexibility index (Phi) is 5.63. The molecule has 0 aromatic rings. The molecule has 1 rings (SSSR count). The fourth-order valence-corrected chi connectivity index (χ4v) is 2.23. The summed E-state index contributed by atoms with van der Waals surface area (Å²) in [6.45, 7) is 9.60. The molecule has 0 aromatic carbocycles. The number of amides is 2. The molecule has 2 amide bonds. The Morgan fingerprint density at radius 1 is 1.22 bits per heavy atom. The van der Waals surface area contributed by atoms with Crippen LogP contribution in [0, 0.1) is 11.8 Å². The van der Waals surface area contributed by atoms with Crippen molar-refractivity contribution in [2.24, 2.45) is 11.8 Å². The third kappa shape index (κ3) is 4.31. The number of nitrogens with one attached hydrogen (secondary N) is 1. The number of likely N-dealkylation sites (tertiary alicyclic amines) is 1. The summed E-state index contributed by atoms with van der Waals surface area (Å²) >= 11 is 0. The first-order valence-corrected chi connectivity index (χ1v) is 6.99. The van der Waals surface area contributed by atoms with Crippen LogP contribution >= 0.6 is 0 Å². The SMILES string of the molecule is CC(C)CNC(=O)C1CCCN1C(=O)CC(C)C. The minimum absolute atomic E-state index is 0.0123. The highest BCUT2D eigenvalue weighted by molar-refractivity contribution is 5.88. The van der Waals surface area contributed by atoms with Crippen molar-refractivity contribution in [2.45, 2.75) is 53.0 Å². The number of rotatable bonds is 5. The molecule has 18 heavy (non-hydrogen) atoms. The van der Waals surface area contributed by atoms with E-state index >= 15 is 0 Å². The first-order valence-electron chi connectivity index (χ1n) is 6.99. The van der Waals surface area contributed by atoms with E-state index in [0.717, 1.165) is 19.4 Å². The Hall–Kier alpha value is -1.06. The molecule has 0 radical (unpaired) electrons. The molecule has 1 atom stereocenters. The van der Waals surface area contributed by atoms with Gasteiger partial charge in [0.05, 0.1) is 0 Å². The van der Waals surface area contributed by atoms with Gasteiger partial charge in [-0.05, 0) is 24.7 Å². The topological polar surface area (TPSA) is 49.4 Å². The Morgan fingerprint density at radius 3 is 2.44 bits per heavy atom. The molecule has 1 aliphatic rings. The van der Waals surface area contributed by atoms with Gasteiger partial charge in [-0.15, -0.1) is 0 Å². The molecular formula is C14H26N2O2. The summed E-state index contributed by atoms with van der Waals surface area (Å²) in [7, 11) is 0. The molecule has 0 saturated carbocycles. The highest BCUT2D eigenvalue weighted by Gasteiger charge is 2.33. The standard InChI is InChI=1S/C14H26N2O2/c1-10(2)8-13(17)16-7-5-6-12(16)14(18)15-9-11(3)4/h10-12H,5-9H2,1-4H3,(H,15,18). The first kappa shape index (κ1) is 15.0. The Labute approximate surface area is 110 Å². The van der Waals surface area contributed by atoms with Crippen molar-refractivity contribution >= 4 is 11.8 Å². The van der Waals surface area contributed by atoms with Crippen molar-refractivity contribution in [2.75, 3.05) is 13.1 Å². The molecule has 1 saturated heterocycles. The number of hydrogen-bond donors (Lipinski definition) is 1. The zero-order valence-electron chi connectivity index (χ0n) is 12.0. The van der Waals surface area contributed by atoms with Crippen molar-refractivity contribution in [3.63, 3.8) is 0 Å². The van der Waals surface area contributed by atoms with Gasteiger partial charge in [-0.1, -0.05) is 27.7 Å². The van der Waals surface area contributed by atoms with Gasteiger partial charge in [-0.3, -0.25) is 9.59 Å². The smallest absolute Gasteiger partial charge is 0.242 e. The van der Waals surface area contributed by atoms with E-state index in [1.807, 2.05) is 13.8 Å². The lowest BCUT2D eigenvalue weighted by Crippen LogP contribution is -2.46. The maximum Gasteiger partial charge on any atom is 0.242 e. The fraction of sp³-hybridized carbons (Fsp3) is 0.857. The zero-order chi connectivity index (χ0) is 13.7. The average molecular weight is 254 g/mol. The van der Waals surface area contributed by atoms with Crippen molar-refractivity contribution in [1.29, 1.82) is 0 Å². The van der Waals surface area contributed by atoms with Crippen LogP contribution in [-0.4, -0.2) is 35.8 Å². The maximum absolute atomic E-state index is 12.1. The number of carbonyl (C=O) groups is 2. The molecule has 4 heteroatoms. The van der Waals surface area contributed by atoms with E-state index in [2.05, 4.69) is 19.2 Å². The molecule has 0 aliphatic carbocycles. The summed E-state index contributed by atoms with van der Waals surface area (Å²) in [6, 6.07) is -0.241. The van der Waals surface area contributed by atoms with Crippen LogP contribution in [0.15, 0.2) is 0 Å². The van der Waals surface area contributed by atoms with Gasteiger partial charge in [-0.25, -0.2) is 0 Å². The summed E-state index contributed by atoms with van der Waals surface area (Å²) in [5.41, 5.74) is 0. The quantitative estimate of drug-likeness (QED) is 0.813. The number of carbonyl (C=O) groups excluding carboxylic acids is 2. The summed E-state index contributed by atoms with van der Waals surface area (Å²) in [4.78, 5) is 25.9. The monoisotopic (exact) mass is 254 g/mol. The van der Waals surface area contributed by atoms with Crippen molar-refractivity contribution in [3.8, 4) is 0 Å². The van der Waals surface area contributed by atoms with E-state index in [1.165, 1.54) is 0 Å². The molecule has 0 aromatic heterocycles. The van der Waals surface area contributed by atoms with E-state index in [-0.39, 0.29) is 17.9 Å². The second-order valence-electron chi connectivity index (χ2n) is 5.98. The highest BCUT2D eigenvalue weighted by atomic mass is 16.2. The van der Waals surface area contributed by atoms with E-state index in [9.17, 15) is 9.59 Å². The zero-order valence-corrected chi connectivity index (χ0v) is 12.0. The van der Waals surface area contributed by atoms with E-state index in [1.54, 1.807) is 4.90 Å². The minimum atomic E-state index is -0.241. The lowest BCUT2D eigenvalue weighted by atomic mass is 10.1. The predicted molar refractivity (Wildman–Crippen MR) is 72.0 cm³/mol. The van der Waals surface area contributed by atoms with Gasteiger partial charge in [0.15, 0.2) is 0 Å². The summed E-state index contributed by atoms with van der Waals surface area (Å²) in [5, 5.41) is 2.93. The van der Waals surface area contributed by atoms with Crippen LogP contribution in [0.2, 0.25) is 0 Å². The molecule has 104 valence electrons. The third-order valence-electron chi connectivity index (χ3n) is 3.14. The van der Waals surface area contributed by atoms with Gasteiger partial charge in [0.1, 0.15) is 6.04 Å². The van der Waals surface area contributed by atoms with Crippen molar-refractivity contribution < 1.29 is 9.59 Å². The molecule has 0 bridgehead atoms. The fourth-order valence-electron chi connectivity index (χ4n) is 2.23. The largest absolute Gasteiger partial charge is 0.354 e. The van der Waals surface area contributed by atoms with Gasteiger partial charge in [0.25, 0.3) is 0 Å². The Morgan fingerprint density at radius 2 is 1.89 bits per heavy atom. The number of hydrogen-bond acceptors (Lipinski definition) is 2. The molecule has 4 nitrogen and oxygen atoms in total. The van der Waals surface area contributed by atoms with E-state index in [0.29, 0.717) is 24.8 Å². The van der Waals surface area contributed by atoms with Crippen LogP contribution in [0.4, 0.5) is 0 Å². The van der Waals surface area contributed by atoms with Crippen molar-refractivity contribution in [1.82, 2.24) is 10.2 Å². The third-order valence-corrected chi connectivity index (χ3v) is 3.14. The first-order chi connectivity index (χ1) is 8.41. The van der Waals surface area contributed by atoms with Crippen molar-refractivity contribution in [3.05, 3.63) is 0 Å². The minimum Gasteiger partial charge on any atom is -0.354 e. The van der Waals surface area contributed by atoms with Crippen LogP contribution in [-0.2, 0) is 9.59 Å². The van der Waals surface area contributed by atoms with Crippen LogP contribution in [0.3, 0.4) is 0 Å². The van der Waals surface area contributed by atoms with Gasteiger partial charge in [-0.2, -0.15) is 0 Å². The van der Waals surface area contributed by atoms with Crippen LogP contribution in [0.25, 0.3) is 0 Å². The Balaban J connectivity index is 2.53. The van der Waals surface area contributed by atoms with Gasteiger partial charge >= 0.3 is 0 Å². The molecular weight excluding hydrogens is 228 g/mol. The molecule has 1 N–H and O–H groups in total. The predicted octanol–water partition coefficient (Wildman–Crippen LogP) is 1.80. The number of nitrogens with zero attached hydrogens (tertiary/aromatic N) is 1. The Bertz CT molecular complexity index is 300. The lowest BCUT2D eigenvalue weighted by Gasteiger charge is -2.25. The molecule has 1 fully saturated rings. The van der Waals surface area contributed by atoms with Crippen LogP contribution in [0.5, 0.6) is 0 Å². The van der Waals surface area contributed by atoms with Crippen LogP contribution in [0.1, 0.15) is 47.0 Å². The molecule has 1 unspecified atom stereocenters. The second-order valence-corrected chi connectivity index (χ2v) is 5.98. The molecule has 0 spiro atoms. The summed E-state index contributed by atoms with van der Waals surface area (Å²) in [5.74, 6) is 0.915. The average Bonchev–Trinajstić information content (AvgIpc) is 2.73. The maximum atomic E-state index is 12.1. The summed E-state index contributed by atoms with van der Waals surface area (Å²) in [6.07, 6.45) is 2.27. The van der Waals surface area contributed by atoms with E-state index in [4.69, 9.17) is 0 Å². The normalized spacial score (nSPS) is 19.7. The van der Waals surface area contributed by atoms with Crippen LogP contribution < -0.4 is 5.32 Å². The molecule has 1 aliphatic heterocycles. The molecule has 1 heterocycles. The summed E-state index contributed by atoms with van der Waals surface area (Å²) < 4.78 is 0. The van der Waals surface area contributed by atoms with Gasteiger partial charge in [0, 0.05) is 19.5 Å². The highest BCUT2D eigenvalue weighted by Crippen LogP contribution is 2.19. The van der Waals surface area contributed by atoms with Gasteiger partial charge < -0.3 is 10.2 Å². The van der Waals surface area contributed by atoms with E-state index < -0.39 is 0 Å². The second kappa shape index (κ2) is 6.76. The van der Waals surface area contributed by atoms with Gasteiger partial charge in [0.2, 0.25) is 11.8 Å². The lowest BCUT2D eigenvalue weighted by molar-refractivity contribution is -0.139.